The number of carboxylic acid groups (broad SMARTS) is 2. The lowest BCUT2D eigenvalue weighted by molar-refractivity contribution is -0.143. The van der Waals surface area contributed by atoms with E-state index in [4.69, 9.17) is 22.3 Å². The molecule has 4 atom stereocenters. The summed E-state index contributed by atoms with van der Waals surface area (Å²) in [5.74, 6) is -7.15. The topological polar surface area (TPSA) is 274 Å². The molecule has 0 aliphatic carbocycles. The minimum Gasteiger partial charge on any atom is -0.481 e. The van der Waals surface area contributed by atoms with Crippen molar-refractivity contribution in [3.05, 3.63) is 0 Å². The van der Waals surface area contributed by atoms with E-state index < -0.39 is 84.9 Å². The van der Waals surface area contributed by atoms with E-state index in [0.717, 1.165) is 0 Å². The number of primary amides is 2. The van der Waals surface area contributed by atoms with E-state index in [9.17, 15) is 38.7 Å². The molecule has 0 aromatic heterocycles. The highest BCUT2D eigenvalue weighted by atomic mass is 16.4. The highest BCUT2D eigenvalue weighted by Crippen LogP contribution is 2.03. The van der Waals surface area contributed by atoms with E-state index in [1.54, 1.807) is 0 Å². The molecule has 15 nitrogen and oxygen atoms in total. The van der Waals surface area contributed by atoms with Crippen molar-refractivity contribution in [2.24, 2.45) is 17.2 Å². The molecule has 0 aliphatic heterocycles. The Kier molecular flexibility index (Phi) is 11.9. The third-order valence-electron chi connectivity index (χ3n) is 4.08. The lowest BCUT2D eigenvalue weighted by atomic mass is 10.1. The van der Waals surface area contributed by atoms with Crippen molar-refractivity contribution in [2.75, 3.05) is 0 Å². The molecule has 4 unspecified atom stereocenters. The molecule has 0 heterocycles. The highest BCUT2D eigenvalue weighted by Gasteiger charge is 2.29. The first-order chi connectivity index (χ1) is 14.7. The van der Waals surface area contributed by atoms with Crippen LogP contribution < -0.4 is 33.2 Å². The van der Waals surface area contributed by atoms with Crippen LogP contribution in [-0.2, 0) is 33.6 Å². The van der Waals surface area contributed by atoms with Crippen molar-refractivity contribution in [1.29, 1.82) is 0 Å². The van der Waals surface area contributed by atoms with E-state index in [1.807, 2.05) is 0 Å². The molecule has 0 saturated carbocycles. The molecule has 0 radical (unpaired) electrons. The van der Waals surface area contributed by atoms with Gasteiger partial charge in [-0.3, -0.25) is 28.8 Å². The van der Waals surface area contributed by atoms with Crippen LogP contribution in [0.1, 0.15) is 39.0 Å². The van der Waals surface area contributed by atoms with E-state index >= 15 is 0 Å². The maximum absolute atomic E-state index is 12.5. The van der Waals surface area contributed by atoms with Crippen molar-refractivity contribution in [3.63, 3.8) is 0 Å². The van der Waals surface area contributed by atoms with E-state index in [1.165, 1.54) is 6.92 Å². The Balaban J connectivity index is 5.21. The van der Waals surface area contributed by atoms with Gasteiger partial charge in [0, 0.05) is 12.8 Å². The van der Waals surface area contributed by atoms with E-state index in [0.29, 0.717) is 0 Å². The van der Waals surface area contributed by atoms with Gasteiger partial charge in [-0.1, -0.05) is 0 Å². The summed E-state index contributed by atoms with van der Waals surface area (Å²) in [6.45, 7) is 1.24. The van der Waals surface area contributed by atoms with Crippen LogP contribution in [0, 0.1) is 0 Å². The van der Waals surface area contributed by atoms with Gasteiger partial charge in [0.2, 0.25) is 29.5 Å². The molecule has 0 rings (SSSR count). The summed E-state index contributed by atoms with van der Waals surface area (Å²) in [5, 5.41) is 24.6. The van der Waals surface area contributed by atoms with Gasteiger partial charge in [0.1, 0.15) is 18.1 Å². The third kappa shape index (κ3) is 11.4. The first kappa shape index (κ1) is 28.2. The predicted molar refractivity (Wildman–Crippen MR) is 106 cm³/mol. The van der Waals surface area contributed by atoms with E-state index in [2.05, 4.69) is 16.0 Å². The molecule has 11 N–H and O–H groups in total. The summed E-state index contributed by atoms with van der Waals surface area (Å²) in [6.07, 6.45) is -2.05. The number of nitrogens with one attached hydrogen (secondary N) is 3. The molecular formula is C17H28N6O9. The zero-order valence-corrected chi connectivity index (χ0v) is 17.3. The smallest absolute Gasteiger partial charge is 0.326 e. The fourth-order valence-corrected chi connectivity index (χ4v) is 2.35. The van der Waals surface area contributed by atoms with Crippen molar-refractivity contribution in [3.8, 4) is 0 Å². The minimum atomic E-state index is -1.51. The van der Waals surface area contributed by atoms with Gasteiger partial charge in [-0.2, -0.15) is 0 Å². The van der Waals surface area contributed by atoms with Crippen LogP contribution in [0.4, 0.5) is 0 Å². The SMILES string of the molecule is CC(NC(=O)C(N)CC(N)=O)C(=O)NC(CCC(=O)O)C(=O)NC(CCC(N)=O)C(=O)O. The predicted octanol–water partition coefficient (Wildman–Crippen LogP) is -4.12. The Morgan fingerprint density at radius 3 is 1.75 bits per heavy atom. The van der Waals surface area contributed by atoms with Gasteiger partial charge < -0.3 is 43.4 Å². The average Bonchev–Trinajstić information content (AvgIpc) is 2.66. The van der Waals surface area contributed by atoms with E-state index in [-0.39, 0.29) is 12.8 Å². The summed E-state index contributed by atoms with van der Waals surface area (Å²) in [4.78, 5) is 80.6. The molecule has 15 heteroatoms. The monoisotopic (exact) mass is 460 g/mol. The largest absolute Gasteiger partial charge is 0.481 e. The molecule has 0 fully saturated rings. The maximum atomic E-state index is 12.5. The average molecular weight is 460 g/mol. The van der Waals surface area contributed by atoms with Crippen molar-refractivity contribution in [2.45, 2.75) is 63.2 Å². The van der Waals surface area contributed by atoms with Gasteiger partial charge >= 0.3 is 11.9 Å². The molecular weight excluding hydrogens is 432 g/mol. The molecule has 0 aliphatic rings. The number of rotatable bonds is 15. The van der Waals surface area contributed by atoms with Gasteiger partial charge in [-0.05, 0) is 19.8 Å². The lowest BCUT2D eigenvalue weighted by Gasteiger charge is -2.23. The number of carbonyl (C=O) groups excluding carboxylic acids is 5. The van der Waals surface area contributed by atoms with Gasteiger partial charge in [-0.15, -0.1) is 0 Å². The minimum absolute atomic E-state index is 0.319. The third-order valence-corrected chi connectivity index (χ3v) is 4.08. The number of carbonyl (C=O) groups is 7. The lowest BCUT2D eigenvalue weighted by Crippen LogP contribution is -2.56. The number of carboxylic acids is 2. The van der Waals surface area contributed by atoms with Crippen molar-refractivity contribution >= 4 is 41.5 Å². The van der Waals surface area contributed by atoms with Crippen LogP contribution in [0.5, 0.6) is 0 Å². The van der Waals surface area contributed by atoms with Gasteiger partial charge in [0.25, 0.3) is 0 Å². The second kappa shape index (κ2) is 13.5. The molecule has 0 aromatic carbocycles. The van der Waals surface area contributed by atoms with Gasteiger partial charge in [-0.25, -0.2) is 4.79 Å². The Morgan fingerprint density at radius 1 is 0.750 bits per heavy atom. The van der Waals surface area contributed by atoms with Crippen LogP contribution in [0.15, 0.2) is 0 Å². The number of aliphatic carboxylic acids is 2. The van der Waals surface area contributed by atoms with Gasteiger partial charge in [0.15, 0.2) is 0 Å². The summed E-state index contributed by atoms with van der Waals surface area (Å²) in [7, 11) is 0. The summed E-state index contributed by atoms with van der Waals surface area (Å²) >= 11 is 0. The summed E-state index contributed by atoms with van der Waals surface area (Å²) < 4.78 is 0. The molecule has 32 heavy (non-hydrogen) atoms. The van der Waals surface area contributed by atoms with Crippen molar-refractivity contribution < 1.29 is 43.8 Å². The second-order valence-corrected chi connectivity index (χ2v) is 6.91. The molecule has 180 valence electrons. The maximum Gasteiger partial charge on any atom is 0.326 e. The molecule has 0 aromatic rings. The molecule has 5 amide bonds. The quantitative estimate of drug-likeness (QED) is 0.117. The number of nitrogens with two attached hydrogens (primary N) is 3. The van der Waals surface area contributed by atoms with Crippen LogP contribution in [-0.4, -0.2) is 75.9 Å². The summed E-state index contributed by atoms with van der Waals surface area (Å²) in [5.41, 5.74) is 15.4. The number of hydrogen-bond donors (Lipinski definition) is 8. The molecule has 0 saturated heterocycles. The number of amides is 5. The zero-order valence-electron chi connectivity index (χ0n) is 17.3. The first-order valence-electron chi connectivity index (χ1n) is 9.42. The zero-order chi connectivity index (χ0) is 25.0. The Labute approximate surface area is 182 Å². The first-order valence-corrected chi connectivity index (χ1v) is 9.42. The van der Waals surface area contributed by atoms with Crippen molar-refractivity contribution in [1.82, 2.24) is 16.0 Å². The normalized spacial score (nSPS) is 14.2. The molecule has 0 spiro atoms. The Morgan fingerprint density at radius 2 is 1.28 bits per heavy atom. The fourth-order valence-electron chi connectivity index (χ4n) is 2.35. The second-order valence-electron chi connectivity index (χ2n) is 6.91. The standard InChI is InChI=1S/C17H28N6O9/c1-7(21-15(29)8(18)6-12(20)25)14(28)22-9(3-5-13(26)27)16(30)23-10(17(31)32)2-4-11(19)24/h7-10H,2-6,18H2,1H3,(H2,19,24)(H2,20,25)(H,21,29)(H,22,28)(H,23,30)(H,26,27)(H,31,32). The summed E-state index contributed by atoms with van der Waals surface area (Å²) in [6, 6.07) is -5.53. The number of hydrogen-bond acceptors (Lipinski definition) is 8. The van der Waals surface area contributed by atoms with Crippen LogP contribution in [0.3, 0.4) is 0 Å². The Bertz CT molecular complexity index is 757. The van der Waals surface area contributed by atoms with Crippen LogP contribution in [0.25, 0.3) is 0 Å². The van der Waals surface area contributed by atoms with Crippen LogP contribution in [0.2, 0.25) is 0 Å². The fraction of sp³-hybridized carbons (Fsp3) is 0.588. The Hall–Kier alpha value is -3.75. The highest BCUT2D eigenvalue weighted by molar-refractivity contribution is 5.95. The van der Waals surface area contributed by atoms with Gasteiger partial charge in [0.05, 0.1) is 12.5 Å². The van der Waals surface area contributed by atoms with Crippen LogP contribution >= 0.6 is 0 Å². The molecule has 0 bridgehead atoms.